The Kier molecular flexibility index (Phi) is 9.23. The third-order valence-electron chi connectivity index (χ3n) is 12.9. The van der Waals surface area contributed by atoms with Gasteiger partial charge in [0.1, 0.15) is 0 Å². The SMILES string of the molecule is N#Cc1cccc(-c2c(-n3c4ccc(-c5ccccc5)cc4c4cc(-c5ccccc5)ccc43)cc(C#N)cc2-n2c3ccc(-c4ccccc4)cc3c3cc(-c4ccccc4)ccc32)c1. The molecule has 0 bridgehead atoms. The lowest BCUT2D eigenvalue weighted by atomic mass is 9.96. The highest BCUT2D eigenvalue weighted by molar-refractivity contribution is 6.14. The predicted molar refractivity (Wildman–Crippen MR) is 272 cm³/mol. The van der Waals surface area contributed by atoms with Crippen LogP contribution in [0.4, 0.5) is 0 Å². The van der Waals surface area contributed by atoms with Crippen molar-refractivity contribution in [1.82, 2.24) is 9.13 Å². The molecular weight excluding hydrogens is 801 g/mol. The van der Waals surface area contributed by atoms with Crippen LogP contribution in [0.5, 0.6) is 0 Å². The largest absolute Gasteiger partial charge is 0.308 e. The minimum absolute atomic E-state index is 0.522. The first-order chi connectivity index (χ1) is 32.6. The van der Waals surface area contributed by atoms with E-state index in [2.05, 4.69) is 197 Å². The molecule has 0 aliphatic carbocycles. The standard InChI is InChI=1S/C62H38N4/c63-39-41-14-13-23-51(32-41)62-60(65-56-28-24-47(43-15-5-1-6-16-43)35-52(56)53-36-48(25-29-57(53)65)44-17-7-2-8-18-44)33-42(40-64)34-61(62)66-58-30-26-49(45-19-9-3-10-20-45)37-54(58)55-38-50(27-31-59(55)66)46-21-11-4-12-22-46/h1-38H. The van der Waals surface area contributed by atoms with Gasteiger partial charge in [0.25, 0.3) is 0 Å². The van der Waals surface area contributed by atoms with Gasteiger partial charge < -0.3 is 9.13 Å². The monoisotopic (exact) mass is 838 g/mol. The summed E-state index contributed by atoms with van der Waals surface area (Å²) < 4.78 is 4.64. The van der Waals surface area contributed by atoms with Gasteiger partial charge in [-0.25, -0.2) is 0 Å². The Morgan fingerprint density at radius 3 is 0.894 bits per heavy atom. The molecule has 66 heavy (non-hydrogen) atoms. The normalized spacial score (nSPS) is 11.3. The number of rotatable bonds is 7. The van der Waals surface area contributed by atoms with Crippen LogP contribution in [0.3, 0.4) is 0 Å². The fourth-order valence-corrected chi connectivity index (χ4v) is 9.88. The molecule has 0 N–H and O–H groups in total. The topological polar surface area (TPSA) is 57.4 Å². The molecular formula is C62H38N4. The molecule has 4 nitrogen and oxygen atoms in total. The third-order valence-corrected chi connectivity index (χ3v) is 12.9. The van der Waals surface area contributed by atoms with E-state index in [1.807, 2.05) is 54.6 Å². The van der Waals surface area contributed by atoms with Crippen LogP contribution in [0.25, 0.3) is 111 Å². The molecule has 0 aliphatic heterocycles. The Labute approximate surface area is 382 Å². The number of hydrogen-bond acceptors (Lipinski definition) is 2. The summed E-state index contributed by atoms with van der Waals surface area (Å²) in [6.07, 6.45) is 0. The van der Waals surface area contributed by atoms with E-state index in [1.54, 1.807) is 0 Å². The minimum atomic E-state index is 0.522. The number of nitriles is 2. The van der Waals surface area contributed by atoms with Crippen LogP contribution in [0.1, 0.15) is 11.1 Å². The van der Waals surface area contributed by atoms with Crippen molar-refractivity contribution < 1.29 is 0 Å². The molecule has 0 spiro atoms. The molecule has 12 aromatic rings. The van der Waals surface area contributed by atoms with Crippen molar-refractivity contribution in [3.8, 4) is 79.1 Å². The van der Waals surface area contributed by atoms with Gasteiger partial charge in [-0.15, -0.1) is 0 Å². The van der Waals surface area contributed by atoms with E-state index < -0.39 is 0 Å². The van der Waals surface area contributed by atoms with Crippen LogP contribution in [0.15, 0.2) is 231 Å². The average molecular weight is 839 g/mol. The van der Waals surface area contributed by atoms with E-state index in [0.29, 0.717) is 11.1 Å². The lowest BCUT2D eigenvalue weighted by molar-refractivity contribution is 1.13. The highest BCUT2D eigenvalue weighted by atomic mass is 15.0. The Balaban J connectivity index is 1.21. The molecule has 306 valence electrons. The molecule has 0 unspecified atom stereocenters. The lowest BCUT2D eigenvalue weighted by Crippen LogP contribution is -2.05. The van der Waals surface area contributed by atoms with Gasteiger partial charge in [-0.1, -0.05) is 158 Å². The van der Waals surface area contributed by atoms with Crippen molar-refractivity contribution >= 4 is 43.6 Å². The van der Waals surface area contributed by atoms with Crippen LogP contribution in [0.2, 0.25) is 0 Å². The molecule has 0 aliphatic rings. The van der Waals surface area contributed by atoms with Crippen molar-refractivity contribution in [2.75, 3.05) is 0 Å². The zero-order valence-electron chi connectivity index (χ0n) is 35.7. The van der Waals surface area contributed by atoms with E-state index in [0.717, 1.165) is 111 Å². The molecule has 0 saturated heterocycles. The third kappa shape index (κ3) is 6.45. The first-order valence-corrected chi connectivity index (χ1v) is 22.1. The smallest absolute Gasteiger partial charge is 0.0993 e. The molecule has 2 heterocycles. The van der Waals surface area contributed by atoms with Gasteiger partial charge in [-0.05, 0) is 123 Å². The molecule has 0 radical (unpaired) electrons. The van der Waals surface area contributed by atoms with Gasteiger partial charge in [0.05, 0.1) is 56.7 Å². The second kappa shape index (κ2) is 15.8. The molecule has 0 saturated carbocycles. The molecule has 0 fully saturated rings. The fourth-order valence-electron chi connectivity index (χ4n) is 9.88. The number of fused-ring (bicyclic) bond motifs is 6. The van der Waals surface area contributed by atoms with Crippen LogP contribution in [0, 0.1) is 22.7 Å². The molecule has 4 heteroatoms. The Bertz CT molecular complexity index is 3510. The van der Waals surface area contributed by atoms with E-state index in [1.165, 1.54) is 0 Å². The molecule has 10 aromatic carbocycles. The summed E-state index contributed by atoms with van der Waals surface area (Å²) in [6.45, 7) is 0. The summed E-state index contributed by atoms with van der Waals surface area (Å²) >= 11 is 0. The maximum absolute atomic E-state index is 11.0. The van der Waals surface area contributed by atoms with Crippen LogP contribution >= 0.6 is 0 Å². The number of benzene rings is 10. The predicted octanol–water partition coefficient (Wildman–Crippen LogP) is 16.0. The summed E-state index contributed by atoms with van der Waals surface area (Å²) in [7, 11) is 0. The summed E-state index contributed by atoms with van der Waals surface area (Å²) in [5, 5.41) is 25.8. The van der Waals surface area contributed by atoms with E-state index in [9.17, 15) is 10.5 Å². The Morgan fingerprint density at radius 2 is 0.576 bits per heavy atom. The van der Waals surface area contributed by atoms with Crippen molar-refractivity contribution in [3.63, 3.8) is 0 Å². The first kappa shape index (κ1) is 38.5. The highest BCUT2D eigenvalue weighted by Crippen LogP contribution is 2.45. The van der Waals surface area contributed by atoms with Crippen molar-refractivity contribution in [3.05, 3.63) is 242 Å². The van der Waals surface area contributed by atoms with Gasteiger partial charge in [-0.2, -0.15) is 10.5 Å². The van der Waals surface area contributed by atoms with Gasteiger partial charge >= 0.3 is 0 Å². The summed E-state index contributed by atoms with van der Waals surface area (Å²) in [4.78, 5) is 0. The zero-order chi connectivity index (χ0) is 44.1. The molecule has 0 amide bonds. The van der Waals surface area contributed by atoms with Gasteiger partial charge in [0.15, 0.2) is 0 Å². The van der Waals surface area contributed by atoms with E-state index >= 15 is 0 Å². The highest BCUT2D eigenvalue weighted by Gasteiger charge is 2.24. The maximum atomic E-state index is 11.0. The summed E-state index contributed by atoms with van der Waals surface area (Å²) in [5.74, 6) is 0. The average Bonchev–Trinajstić information content (AvgIpc) is 3.90. The molecule has 12 rings (SSSR count). The molecule has 2 aromatic heterocycles. The van der Waals surface area contributed by atoms with Gasteiger partial charge in [0, 0.05) is 27.1 Å². The van der Waals surface area contributed by atoms with Gasteiger partial charge in [-0.3, -0.25) is 0 Å². The van der Waals surface area contributed by atoms with E-state index in [-0.39, 0.29) is 0 Å². The second-order valence-electron chi connectivity index (χ2n) is 16.8. The quantitative estimate of drug-likeness (QED) is 0.161. The number of nitrogens with zero attached hydrogens (tertiary/aromatic N) is 4. The maximum Gasteiger partial charge on any atom is 0.0993 e. The van der Waals surface area contributed by atoms with Crippen LogP contribution in [-0.2, 0) is 0 Å². The van der Waals surface area contributed by atoms with E-state index in [4.69, 9.17) is 0 Å². The minimum Gasteiger partial charge on any atom is -0.308 e. The Hall–Kier alpha value is -9.22. The van der Waals surface area contributed by atoms with Crippen molar-refractivity contribution in [2.24, 2.45) is 0 Å². The summed E-state index contributed by atoms with van der Waals surface area (Å²) in [6, 6.07) is 85.6. The molecule has 0 atom stereocenters. The second-order valence-corrected chi connectivity index (χ2v) is 16.8. The fraction of sp³-hybridized carbons (Fsp3) is 0. The van der Waals surface area contributed by atoms with Crippen molar-refractivity contribution in [1.29, 1.82) is 10.5 Å². The van der Waals surface area contributed by atoms with Crippen molar-refractivity contribution in [2.45, 2.75) is 0 Å². The Morgan fingerprint density at radius 1 is 0.258 bits per heavy atom. The van der Waals surface area contributed by atoms with Crippen LogP contribution in [-0.4, -0.2) is 9.13 Å². The first-order valence-electron chi connectivity index (χ1n) is 22.1. The number of aromatic nitrogens is 2. The number of hydrogen-bond donors (Lipinski definition) is 0. The summed E-state index contributed by atoms with van der Waals surface area (Å²) in [5.41, 5.74) is 17.6. The van der Waals surface area contributed by atoms with Gasteiger partial charge in [0.2, 0.25) is 0 Å². The zero-order valence-corrected chi connectivity index (χ0v) is 35.7. The lowest BCUT2D eigenvalue weighted by Gasteiger charge is -2.21. The van der Waals surface area contributed by atoms with Crippen LogP contribution < -0.4 is 0 Å².